The van der Waals surface area contributed by atoms with Crippen LogP contribution in [0.3, 0.4) is 0 Å². The predicted molar refractivity (Wildman–Crippen MR) is 61.8 cm³/mol. The first-order valence-electron chi connectivity index (χ1n) is 5.90. The van der Waals surface area contributed by atoms with Crippen LogP contribution in [0, 0.1) is 0 Å². The smallest absolute Gasteiger partial charge is 0.0938 e. The molecular formula is C11H23NO5. The van der Waals surface area contributed by atoms with E-state index in [-0.39, 0.29) is 12.7 Å². The number of ether oxygens (including phenoxy) is 2. The minimum absolute atomic E-state index is 0.0515. The van der Waals surface area contributed by atoms with Gasteiger partial charge >= 0.3 is 0 Å². The van der Waals surface area contributed by atoms with Crippen LogP contribution in [0.25, 0.3) is 0 Å². The Hall–Kier alpha value is -0.240. The second-order valence-electron chi connectivity index (χ2n) is 4.61. The first-order chi connectivity index (χ1) is 8.02. The predicted octanol–water partition coefficient (Wildman–Crippen LogP) is -1.56. The fourth-order valence-corrected chi connectivity index (χ4v) is 1.90. The molecule has 2 unspecified atom stereocenters. The van der Waals surface area contributed by atoms with Crippen molar-refractivity contribution in [3.63, 3.8) is 0 Å². The molecular weight excluding hydrogens is 226 g/mol. The quantitative estimate of drug-likeness (QED) is 0.506. The van der Waals surface area contributed by atoms with E-state index in [0.717, 1.165) is 0 Å². The molecule has 1 saturated heterocycles. The van der Waals surface area contributed by atoms with Gasteiger partial charge in [0.2, 0.25) is 0 Å². The van der Waals surface area contributed by atoms with Crippen molar-refractivity contribution in [3.8, 4) is 0 Å². The van der Waals surface area contributed by atoms with E-state index in [4.69, 9.17) is 9.47 Å². The van der Waals surface area contributed by atoms with E-state index in [2.05, 4.69) is 0 Å². The van der Waals surface area contributed by atoms with Gasteiger partial charge in [-0.05, 0) is 6.92 Å². The number of likely N-dealkylation sites (tertiary alicyclic amines) is 1. The van der Waals surface area contributed by atoms with Gasteiger partial charge in [-0.3, -0.25) is 4.90 Å². The van der Waals surface area contributed by atoms with Gasteiger partial charge in [-0.15, -0.1) is 0 Å². The average molecular weight is 249 g/mol. The molecule has 0 radical (unpaired) electrons. The number of aliphatic hydroxyl groups excluding tert-OH is 3. The van der Waals surface area contributed by atoms with E-state index in [1.165, 1.54) is 0 Å². The summed E-state index contributed by atoms with van der Waals surface area (Å²) >= 11 is 0. The maximum atomic E-state index is 9.73. The highest BCUT2D eigenvalue weighted by atomic mass is 16.5. The molecule has 0 aromatic carbocycles. The Bertz CT molecular complexity index is 206. The Morgan fingerprint density at radius 3 is 2.35 bits per heavy atom. The van der Waals surface area contributed by atoms with Crippen LogP contribution >= 0.6 is 0 Å². The molecule has 0 saturated carbocycles. The zero-order valence-corrected chi connectivity index (χ0v) is 10.5. The van der Waals surface area contributed by atoms with Crippen LogP contribution < -0.4 is 0 Å². The fraction of sp³-hybridized carbons (Fsp3) is 1.00. The molecule has 17 heavy (non-hydrogen) atoms. The summed E-state index contributed by atoms with van der Waals surface area (Å²) in [6.07, 6.45) is -2.10. The average Bonchev–Trinajstić information content (AvgIpc) is 2.55. The molecule has 3 N–H and O–H groups in total. The highest BCUT2D eigenvalue weighted by Gasteiger charge is 2.30. The number of hydrogen-bond acceptors (Lipinski definition) is 6. The molecule has 0 aliphatic carbocycles. The summed E-state index contributed by atoms with van der Waals surface area (Å²) in [5, 5.41) is 28.4. The number of rotatable bonds is 7. The summed E-state index contributed by atoms with van der Waals surface area (Å²) in [7, 11) is 1.60. The molecule has 0 aromatic heterocycles. The van der Waals surface area contributed by atoms with Gasteiger partial charge in [0.1, 0.15) is 0 Å². The van der Waals surface area contributed by atoms with Crippen molar-refractivity contribution in [3.05, 3.63) is 0 Å². The second-order valence-corrected chi connectivity index (χ2v) is 4.61. The van der Waals surface area contributed by atoms with Crippen LogP contribution in [0.4, 0.5) is 0 Å². The van der Waals surface area contributed by atoms with Crippen LogP contribution in [0.5, 0.6) is 0 Å². The van der Waals surface area contributed by atoms with Crippen molar-refractivity contribution < 1.29 is 24.8 Å². The van der Waals surface area contributed by atoms with Crippen LogP contribution in [-0.4, -0.2) is 84.6 Å². The molecule has 6 heteroatoms. The molecule has 1 rings (SSSR count). The Morgan fingerprint density at radius 1 is 1.24 bits per heavy atom. The van der Waals surface area contributed by atoms with Crippen molar-refractivity contribution in [2.45, 2.75) is 31.3 Å². The molecule has 4 atom stereocenters. The van der Waals surface area contributed by atoms with E-state index in [9.17, 15) is 15.3 Å². The maximum absolute atomic E-state index is 9.73. The number of aliphatic hydroxyl groups is 3. The molecule has 1 heterocycles. The zero-order chi connectivity index (χ0) is 12.8. The van der Waals surface area contributed by atoms with Crippen LogP contribution in [0.2, 0.25) is 0 Å². The summed E-state index contributed by atoms with van der Waals surface area (Å²) in [4.78, 5) is 1.82. The van der Waals surface area contributed by atoms with Crippen molar-refractivity contribution in [1.82, 2.24) is 4.90 Å². The van der Waals surface area contributed by atoms with E-state index >= 15 is 0 Å². The molecule has 1 aliphatic rings. The van der Waals surface area contributed by atoms with Gasteiger partial charge in [0.25, 0.3) is 0 Å². The SMILES string of the molecule is COCC(C)OCC(O)CN1C[C@@H](O)[C@@H](O)C1. The summed E-state index contributed by atoms with van der Waals surface area (Å²) < 4.78 is 10.3. The lowest BCUT2D eigenvalue weighted by molar-refractivity contribution is -0.0389. The lowest BCUT2D eigenvalue weighted by atomic mass is 10.3. The molecule has 1 fully saturated rings. The highest BCUT2D eigenvalue weighted by Crippen LogP contribution is 2.10. The van der Waals surface area contributed by atoms with Crippen molar-refractivity contribution in [1.29, 1.82) is 0 Å². The Balaban J connectivity index is 2.15. The van der Waals surface area contributed by atoms with E-state index in [1.54, 1.807) is 7.11 Å². The van der Waals surface area contributed by atoms with Crippen molar-refractivity contribution in [2.24, 2.45) is 0 Å². The molecule has 0 amide bonds. The van der Waals surface area contributed by atoms with Crippen LogP contribution in [-0.2, 0) is 9.47 Å². The van der Waals surface area contributed by atoms with Gasteiger partial charge in [-0.25, -0.2) is 0 Å². The van der Waals surface area contributed by atoms with Crippen LogP contribution in [0.15, 0.2) is 0 Å². The summed E-state index contributed by atoms with van der Waals surface area (Å²) in [6.45, 7) is 3.78. The van der Waals surface area contributed by atoms with Gasteiger partial charge in [0.05, 0.1) is 37.6 Å². The molecule has 0 spiro atoms. The largest absolute Gasteiger partial charge is 0.389 e. The second kappa shape index (κ2) is 7.25. The summed E-state index contributed by atoms with van der Waals surface area (Å²) in [6, 6.07) is 0. The van der Waals surface area contributed by atoms with Gasteiger partial charge < -0.3 is 24.8 Å². The summed E-state index contributed by atoms with van der Waals surface area (Å²) in [5.41, 5.74) is 0. The fourth-order valence-electron chi connectivity index (χ4n) is 1.90. The first kappa shape index (κ1) is 14.8. The molecule has 6 nitrogen and oxygen atoms in total. The molecule has 0 aromatic rings. The van der Waals surface area contributed by atoms with Crippen LogP contribution in [0.1, 0.15) is 6.92 Å². The van der Waals surface area contributed by atoms with Gasteiger partial charge in [0.15, 0.2) is 0 Å². The number of methoxy groups -OCH3 is 1. The van der Waals surface area contributed by atoms with Crippen molar-refractivity contribution >= 4 is 0 Å². The molecule has 0 bridgehead atoms. The third-order valence-corrected chi connectivity index (χ3v) is 2.78. The molecule has 1 aliphatic heterocycles. The van der Waals surface area contributed by atoms with Gasteiger partial charge in [0, 0.05) is 26.7 Å². The van der Waals surface area contributed by atoms with Crippen molar-refractivity contribution in [2.75, 3.05) is 40.0 Å². The minimum atomic E-state index is -0.712. The lowest BCUT2D eigenvalue weighted by Crippen LogP contribution is -2.35. The highest BCUT2D eigenvalue weighted by molar-refractivity contribution is 4.84. The lowest BCUT2D eigenvalue weighted by Gasteiger charge is -2.21. The number of hydrogen-bond donors (Lipinski definition) is 3. The monoisotopic (exact) mass is 249 g/mol. The maximum Gasteiger partial charge on any atom is 0.0938 e. The normalized spacial score (nSPS) is 29.5. The Labute approximate surface area is 102 Å². The number of β-amino-alcohol motifs (C(OH)–C–C–N with tert-alkyl or cyclic N) is 3. The third kappa shape index (κ3) is 5.29. The first-order valence-corrected chi connectivity index (χ1v) is 5.90. The Kier molecular flexibility index (Phi) is 6.32. The standard InChI is InChI=1S/C11H23NO5/c1-8(6-16-2)17-7-9(13)3-12-4-10(14)11(15)5-12/h8-11,13-15H,3-7H2,1-2H3/t8?,9?,10-,11+. The number of nitrogens with zero attached hydrogens (tertiary/aromatic N) is 1. The summed E-state index contributed by atoms with van der Waals surface area (Å²) in [5.74, 6) is 0. The van der Waals surface area contributed by atoms with Gasteiger partial charge in [-0.2, -0.15) is 0 Å². The topological polar surface area (TPSA) is 82.4 Å². The Morgan fingerprint density at radius 2 is 1.82 bits per heavy atom. The van der Waals surface area contributed by atoms with E-state index < -0.39 is 18.3 Å². The van der Waals surface area contributed by atoms with E-state index in [0.29, 0.717) is 26.2 Å². The minimum Gasteiger partial charge on any atom is -0.389 e. The molecule has 102 valence electrons. The zero-order valence-electron chi connectivity index (χ0n) is 10.5. The van der Waals surface area contributed by atoms with Gasteiger partial charge in [-0.1, -0.05) is 0 Å². The van der Waals surface area contributed by atoms with E-state index in [1.807, 2.05) is 11.8 Å². The third-order valence-electron chi connectivity index (χ3n) is 2.78.